The number of rotatable bonds is 5. The maximum absolute atomic E-state index is 5.74. The van der Waals surface area contributed by atoms with Crippen LogP contribution in [0.25, 0.3) is 0 Å². The lowest BCUT2D eigenvalue weighted by Crippen LogP contribution is -2.07. The molecule has 0 atom stereocenters. The molecule has 2 rings (SSSR count). The van der Waals surface area contributed by atoms with Crippen molar-refractivity contribution in [3.63, 3.8) is 0 Å². The van der Waals surface area contributed by atoms with Crippen LogP contribution >= 0.6 is 0 Å². The minimum absolute atomic E-state index is 0.351. The van der Waals surface area contributed by atoms with Gasteiger partial charge in [-0.25, -0.2) is 9.97 Å². The molecular weight excluding hydrogens is 240 g/mol. The summed E-state index contributed by atoms with van der Waals surface area (Å²) in [7, 11) is 1.60. The first-order valence-corrected chi connectivity index (χ1v) is 6.10. The zero-order chi connectivity index (χ0) is 13.7. The van der Waals surface area contributed by atoms with Crippen molar-refractivity contribution in [2.75, 3.05) is 18.2 Å². The van der Waals surface area contributed by atoms with Gasteiger partial charge in [0.25, 0.3) is 0 Å². The van der Waals surface area contributed by atoms with Crippen molar-refractivity contribution in [3.8, 4) is 0 Å². The Morgan fingerprint density at radius 1 is 1.26 bits per heavy atom. The summed E-state index contributed by atoms with van der Waals surface area (Å²) in [5.41, 5.74) is 8.22. The molecule has 2 aromatic rings. The summed E-state index contributed by atoms with van der Waals surface area (Å²) in [6.45, 7) is 3.14. The summed E-state index contributed by atoms with van der Waals surface area (Å²) < 4.78 is 5.01. The van der Waals surface area contributed by atoms with Crippen LogP contribution < -0.4 is 11.1 Å². The van der Waals surface area contributed by atoms with Crippen molar-refractivity contribution in [3.05, 3.63) is 47.3 Å². The van der Waals surface area contributed by atoms with Crippen molar-refractivity contribution in [1.82, 2.24) is 9.97 Å². The summed E-state index contributed by atoms with van der Waals surface area (Å²) in [4.78, 5) is 8.44. The summed E-state index contributed by atoms with van der Waals surface area (Å²) in [5, 5.41) is 3.25. The summed E-state index contributed by atoms with van der Waals surface area (Å²) in [6.07, 6.45) is 0. The van der Waals surface area contributed by atoms with E-state index in [9.17, 15) is 0 Å². The van der Waals surface area contributed by atoms with Crippen LogP contribution in [0, 0.1) is 6.92 Å². The van der Waals surface area contributed by atoms with Gasteiger partial charge in [-0.3, -0.25) is 0 Å². The quantitative estimate of drug-likeness (QED) is 0.859. The van der Waals surface area contributed by atoms with Crippen molar-refractivity contribution in [1.29, 1.82) is 0 Å². The smallest absolute Gasteiger partial charge is 0.158 e. The molecule has 0 aliphatic heterocycles. The molecular formula is C14H18N4O. The average molecular weight is 258 g/mol. The van der Waals surface area contributed by atoms with E-state index in [-0.39, 0.29) is 0 Å². The van der Waals surface area contributed by atoms with E-state index in [0.717, 1.165) is 0 Å². The lowest BCUT2D eigenvalue weighted by molar-refractivity contribution is 0.178. The standard InChI is InChI=1S/C14H18N4O/c1-10-5-3-4-6-11(10)8-16-13-7-12(15)17-14(18-13)9-19-2/h3-7H,8-9H2,1-2H3,(H3,15,16,17,18). The Hall–Kier alpha value is -2.14. The number of anilines is 2. The molecule has 0 unspecified atom stereocenters. The van der Waals surface area contributed by atoms with Gasteiger partial charge in [0.05, 0.1) is 0 Å². The number of nitrogens with one attached hydrogen (secondary N) is 1. The predicted molar refractivity (Wildman–Crippen MR) is 75.7 cm³/mol. The van der Waals surface area contributed by atoms with E-state index in [2.05, 4.69) is 34.3 Å². The Morgan fingerprint density at radius 2 is 2.05 bits per heavy atom. The van der Waals surface area contributed by atoms with Crippen LogP contribution in [-0.2, 0) is 17.9 Å². The molecule has 0 saturated heterocycles. The maximum atomic E-state index is 5.74. The second-order valence-corrected chi connectivity index (χ2v) is 4.31. The number of ether oxygens (including phenoxy) is 1. The molecule has 0 fully saturated rings. The minimum Gasteiger partial charge on any atom is -0.384 e. The van der Waals surface area contributed by atoms with Crippen LogP contribution in [0.3, 0.4) is 0 Å². The number of hydrogen-bond acceptors (Lipinski definition) is 5. The number of benzene rings is 1. The lowest BCUT2D eigenvalue weighted by atomic mass is 10.1. The van der Waals surface area contributed by atoms with Gasteiger partial charge >= 0.3 is 0 Å². The van der Waals surface area contributed by atoms with E-state index in [4.69, 9.17) is 10.5 Å². The Labute approximate surface area is 112 Å². The Kier molecular flexibility index (Phi) is 4.30. The molecule has 0 aliphatic carbocycles. The fourth-order valence-electron chi connectivity index (χ4n) is 1.80. The number of nitrogen functional groups attached to an aromatic ring is 1. The van der Waals surface area contributed by atoms with E-state index in [0.29, 0.717) is 30.6 Å². The monoisotopic (exact) mass is 258 g/mol. The van der Waals surface area contributed by atoms with E-state index in [1.807, 2.05) is 12.1 Å². The number of nitrogens with two attached hydrogens (primary N) is 1. The molecule has 0 amide bonds. The summed E-state index contributed by atoms with van der Waals surface area (Å²) in [5.74, 6) is 1.73. The van der Waals surface area contributed by atoms with Gasteiger partial charge in [0.2, 0.25) is 0 Å². The van der Waals surface area contributed by atoms with Gasteiger partial charge in [-0.1, -0.05) is 24.3 Å². The average Bonchev–Trinajstić information content (AvgIpc) is 2.37. The highest BCUT2D eigenvalue weighted by Crippen LogP contribution is 2.12. The van der Waals surface area contributed by atoms with Crippen LogP contribution in [0.2, 0.25) is 0 Å². The molecule has 0 aliphatic rings. The van der Waals surface area contributed by atoms with E-state index >= 15 is 0 Å². The highest BCUT2D eigenvalue weighted by molar-refractivity contribution is 5.45. The SMILES string of the molecule is COCc1nc(N)cc(NCc2ccccc2C)n1. The van der Waals surface area contributed by atoms with Crippen molar-refractivity contribution < 1.29 is 4.74 Å². The number of nitrogens with zero attached hydrogens (tertiary/aromatic N) is 2. The van der Waals surface area contributed by atoms with Gasteiger partial charge in [0.1, 0.15) is 18.2 Å². The normalized spacial score (nSPS) is 10.4. The third-order valence-corrected chi connectivity index (χ3v) is 2.79. The number of hydrogen-bond donors (Lipinski definition) is 2. The van der Waals surface area contributed by atoms with Crippen LogP contribution in [0.4, 0.5) is 11.6 Å². The second-order valence-electron chi connectivity index (χ2n) is 4.31. The number of aromatic nitrogens is 2. The van der Waals surface area contributed by atoms with Crippen LogP contribution in [0.15, 0.2) is 30.3 Å². The third-order valence-electron chi connectivity index (χ3n) is 2.79. The largest absolute Gasteiger partial charge is 0.384 e. The van der Waals surface area contributed by atoms with Gasteiger partial charge in [0.15, 0.2) is 5.82 Å². The first kappa shape index (κ1) is 13.3. The van der Waals surface area contributed by atoms with Gasteiger partial charge in [-0.05, 0) is 18.1 Å². The van der Waals surface area contributed by atoms with Crippen molar-refractivity contribution >= 4 is 11.6 Å². The summed E-state index contributed by atoms with van der Waals surface area (Å²) >= 11 is 0. The minimum atomic E-state index is 0.351. The predicted octanol–water partition coefficient (Wildman–Crippen LogP) is 2.13. The molecule has 0 spiro atoms. The molecule has 0 radical (unpaired) electrons. The number of methoxy groups -OCH3 is 1. The zero-order valence-electron chi connectivity index (χ0n) is 11.2. The zero-order valence-corrected chi connectivity index (χ0v) is 11.2. The topological polar surface area (TPSA) is 73.1 Å². The summed E-state index contributed by atoms with van der Waals surface area (Å²) in [6, 6.07) is 9.94. The van der Waals surface area contributed by atoms with Crippen LogP contribution in [-0.4, -0.2) is 17.1 Å². The van der Waals surface area contributed by atoms with Gasteiger partial charge in [0, 0.05) is 19.7 Å². The highest BCUT2D eigenvalue weighted by atomic mass is 16.5. The first-order chi connectivity index (χ1) is 9.19. The molecule has 0 bridgehead atoms. The van der Waals surface area contributed by atoms with E-state index in [1.54, 1.807) is 13.2 Å². The number of aryl methyl sites for hydroxylation is 1. The molecule has 3 N–H and O–H groups in total. The fraction of sp³-hybridized carbons (Fsp3) is 0.286. The second kappa shape index (κ2) is 6.15. The van der Waals surface area contributed by atoms with Crippen LogP contribution in [0.1, 0.15) is 17.0 Å². The van der Waals surface area contributed by atoms with Crippen LogP contribution in [0.5, 0.6) is 0 Å². The Balaban J connectivity index is 2.09. The van der Waals surface area contributed by atoms with Gasteiger partial charge < -0.3 is 15.8 Å². The van der Waals surface area contributed by atoms with Crippen molar-refractivity contribution in [2.24, 2.45) is 0 Å². The Bertz CT molecular complexity index is 557. The Morgan fingerprint density at radius 3 is 2.79 bits per heavy atom. The maximum Gasteiger partial charge on any atom is 0.158 e. The molecule has 5 heteroatoms. The van der Waals surface area contributed by atoms with Gasteiger partial charge in [-0.2, -0.15) is 0 Å². The molecule has 100 valence electrons. The molecule has 1 aromatic carbocycles. The fourth-order valence-corrected chi connectivity index (χ4v) is 1.80. The molecule has 1 aromatic heterocycles. The van der Waals surface area contributed by atoms with Gasteiger partial charge in [-0.15, -0.1) is 0 Å². The molecule has 5 nitrogen and oxygen atoms in total. The van der Waals surface area contributed by atoms with E-state index in [1.165, 1.54) is 11.1 Å². The third kappa shape index (κ3) is 3.66. The molecule has 1 heterocycles. The first-order valence-electron chi connectivity index (χ1n) is 6.10. The molecule has 0 saturated carbocycles. The molecule has 19 heavy (non-hydrogen) atoms. The van der Waals surface area contributed by atoms with Crippen molar-refractivity contribution in [2.45, 2.75) is 20.1 Å². The van der Waals surface area contributed by atoms with E-state index < -0.39 is 0 Å². The highest BCUT2D eigenvalue weighted by Gasteiger charge is 2.03. The lowest BCUT2D eigenvalue weighted by Gasteiger charge is -2.09.